The monoisotopic (exact) mass is 741 g/mol. The molecule has 5 rings (SSSR count). The number of carbonyl (C=O) groups excluding carboxylic acids is 2. The van der Waals surface area contributed by atoms with Crippen LogP contribution in [-0.4, -0.2) is 69.9 Å². The second-order valence-corrected chi connectivity index (χ2v) is 14.9. The van der Waals surface area contributed by atoms with E-state index in [9.17, 15) is 32.0 Å². The molecule has 264 valence electrons. The van der Waals surface area contributed by atoms with Crippen LogP contribution in [0.2, 0.25) is 10.0 Å². The maximum absolute atomic E-state index is 13.8. The van der Waals surface area contributed by atoms with Gasteiger partial charge in [-0.15, -0.1) is 0 Å². The van der Waals surface area contributed by atoms with Crippen LogP contribution in [0.25, 0.3) is 0 Å². The van der Waals surface area contributed by atoms with Crippen molar-refractivity contribution in [1.29, 1.82) is 0 Å². The van der Waals surface area contributed by atoms with E-state index in [1.165, 1.54) is 51.7 Å². The van der Waals surface area contributed by atoms with Crippen LogP contribution in [0.5, 0.6) is 11.5 Å². The Kier molecular flexibility index (Phi) is 11.5. The quantitative estimate of drug-likeness (QED) is 0.125. The minimum absolute atomic E-state index is 0.0105. The van der Waals surface area contributed by atoms with Crippen LogP contribution in [0.3, 0.4) is 0 Å². The fourth-order valence-corrected chi connectivity index (χ4v) is 7.62. The molecular weight excluding hydrogens is 707 g/mol. The third-order valence-electron chi connectivity index (χ3n) is 8.28. The number of pyridine rings is 1. The van der Waals surface area contributed by atoms with Gasteiger partial charge in [0.05, 0.1) is 17.4 Å². The Balaban J connectivity index is 1.41. The molecule has 1 saturated heterocycles. The lowest BCUT2D eigenvalue weighted by Gasteiger charge is -2.32. The number of alkyl halides is 2. The molecule has 2 atom stereocenters. The van der Waals surface area contributed by atoms with Gasteiger partial charge in [0.15, 0.2) is 23.9 Å². The summed E-state index contributed by atoms with van der Waals surface area (Å²) in [6, 6.07) is 9.87. The predicted octanol–water partition coefficient (Wildman–Crippen LogP) is 5.65. The summed E-state index contributed by atoms with van der Waals surface area (Å²) in [7, 11) is -0.966. The molecule has 1 aromatic heterocycles. The molecule has 0 N–H and O–H groups in total. The number of esters is 1. The summed E-state index contributed by atoms with van der Waals surface area (Å²) in [5, 5.41) is 11.9. The molecule has 0 spiro atoms. The maximum atomic E-state index is 13.8. The number of nitrogens with zero attached hydrogens (tertiary/aromatic N) is 3. The fourth-order valence-electron chi connectivity index (χ4n) is 5.45. The highest BCUT2D eigenvalue weighted by molar-refractivity contribution is 7.89. The third kappa shape index (κ3) is 9.10. The predicted molar refractivity (Wildman–Crippen MR) is 175 cm³/mol. The minimum atomic E-state index is -4.09. The number of rotatable bonds is 13. The van der Waals surface area contributed by atoms with E-state index in [0.717, 1.165) is 25.2 Å². The van der Waals surface area contributed by atoms with Crippen LogP contribution in [0.4, 0.5) is 8.78 Å². The molecule has 1 aliphatic carbocycles. The third-order valence-corrected chi connectivity index (χ3v) is 10.8. The molecule has 49 heavy (non-hydrogen) atoms. The van der Waals surface area contributed by atoms with Crippen LogP contribution >= 0.6 is 23.2 Å². The summed E-state index contributed by atoms with van der Waals surface area (Å²) >= 11 is 12.7. The molecule has 2 aliphatic rings. The van der Waals surface area contributed by atoms with Crippen molar-refractivity contribution in [3.05, 3.63) is 86.8 Å². The molecule has 2 unspecified atom stereocenters. The largest absolute Gasteiger partial charge is 0.619 e. The molecule has 1 amide bonds. The number of aromatic nitrogens is 1. The zero-order valence-electron chi connectivity index (χ0n) is 26.7. The number of amides is 1. The van der Waals surface area contributed by atoms with Gasteiger partial charge >= 0.3 is 12.6 Å². The number of hydrogen-bond acceptors (Lipinski definition) is 8. The zero-order valence-corrected chi connectivity index (χ0v) is 29.0. The zero-order chi connectivity index (χ0) is 35.5. The number of ether oxygens (including phenoxy) is 3. The summed E-state index contributed by atoms with van der Waals surface area (Å²) in [4.78, 5) is 27.5. The highest BCUT2D eigenvalue weighted by Gasteiger charge is 2.36. The van der Waals surface area contributed by atoms with Crippen molar-refractivity contribution in [3.63, 3.8) is 0 Å². The van der Waals surface area contributed by atoms with Gasteiger partial charge < -0.3 is 24.3 Å². The molecule has 3 aromatic rings. The lowest BCUT2D eigenvalue weighted by atomic mass is 9.98. The summed E-state index contributed by atoms with van der Waals surface area (Å²) in [5.41, 5.74) is 0.837. The molecule has 2 aromatic carbocycles. The van der Waals surface area contributed by atoms with Crippen molar-refractivity contribution in [3.8, 4) is 11.5 Å². The Labute approximate surface area is 292 Å². The van der Waals surface area contributed by atoms with Crippen LogP contribution in [0.15, 0.2) is 59.8 Å². The summed E-state index contributed by atoms with van der Waals surface area (Å²) in [5.74, 6) is -1.82. The van der Waals surface area contributed by atoms with Gasteiger partial charge in [-0.05, 0) is 67.5 Å². The summed E-state index contributed by atoms with van der Waals surface area (Å²) < 4.78 is 71.8. The number of piperidine rings is 1. The topological polar surface area (TPSA) is 129 Å². The van der Waals surface area contributed by atoms with Crippen molar-refractivity contribution < 1.29 is 45.7 Å². The molecule has 11 nitrogen and oxygen atoms in total. The molecule has 2 heterocycles. The van der Waals surface area contributed by atoms with Crippen molar-refractivity contribution in [1.82, 2.24) is 9.21 Å². The standard InChI is InChI=1S/C33H35Cl2F2N3O8S/c1-38(2)31(41)22-5-3-7-24(13-22)49(44,45)40-12-4-6-23(16-40)32(42)47-29(15-25-26(34)17-39(43)18-27(25)35)21-10-11-28(48-33(36)37)30(14-21)46-19-20-8-9-20/h3,5,7,10-11,13-14,17-18,20,23,29,33H,4,6,8-9,12,15-16,19H2,1-2H3. The molecular formula is C33H35Cl2F2N3O8S. The van der Waals surface area contributed by atoms with Crippen molar-refractivity contribution in [2.45, 2.75) is 49.7 Å². The summed E-state index contributed by atoms with van der Waals surface area (Å²) in [6.45, 7) is -2.85. The number of halogens is 4. The fraction of sp³-hybridized carbons (Fsp3) is 0.424. The van der Waals surface area contributed by atoms with Gasteiger partial charge in [-0.3, -0.25) is 9.59 Å². The normalized spacial score (nSPS) is 17.4. The van der Waals surface area contributed by atoms with E-state index in [-0.39, 0.29) is 64.0 Å². The van der Waals surface area contributed by atoms with E-state index in [4.69, 9.17) is 32.7 Å². The highest BCUT2D eigenvalue weighted by Crippen LogP contribution is 2.38. The van der Waals surface area contributed by atoms with Gasteiger partial charge in [0.1, 0.15) is 16.1 Å². The van der Waals surface area contributed by atoms with E-state index in [1.54, 1.807) is 14.1 Å². The average Bonchev–Trinajstić information content (AvgIpc) is 3.89. The van der Waals surface area contributed by atoms with Gasteiger partial charge in [-0.25, -0.2) is 8.42 Å². The number of carbonyl (C=O) groups is 2. The highest BCUT2D eigenvalue weighted by atomic mass is 35.5. The lowest BCUT2D eigenvalue weighted by Crippen LogP contribution is -2.43. The van der Waals surface area contributed by atoms with Crippen LogP contribution in [0, 0.1) is 17.0 Å². The second-order valence-electron chi connectivity index (χ2n) is 12.2. The lowest BCUT2D eigenvalue weighted by molar-refractivity contribution is -0.605. The van der Waals surface area contributed by atoms with Gasteiger partial charge in [-0.2, -0.15) is 17.8 Å². The smallest absolute Gasteiger partial charge is 0.387 e. The first-order valence-electron chi connectivity index (χ1n) is 15.5. The molecule has 1 aliphatic heterocycles. The first-order valence-corrected chi connectivity index (χ1v) is 17.7. The Morgan fingerprint density at radius 2 is 1.78 bits per heavy atom. The SMILES string of the molecule is CN(C)C(=O)c1cccc(S(=O)(=O)N2CCCC(C(=O)OC(Cc3c(Cl)c[n+]([O-])cc3Cl)c3ccc(OC(F)F)c(OCC4CC4)c3)C2)c1. The van der Waals surface area contributed by atoms with E-state index < -0.39 is 34.6 Å². The van der Waals surface area contributed by atoms with Gasteiger partial charge in [0, 0.05) is 44.7 Å². The Morgan fingerprint density at radius 1 is 1.06 bits per heavy atom. The maximum Gasteiger partial charge on any atom is 0.387 e. The number of hydrogen-bond donors (Lipinski definition) is 0. The first kappa shape index (κ1) is 36.6. The Morgan fingerprint density at radius 3 is 2.43 bits per heavy atom. The Bertz CT molecular complexity index is 1790. The minimum Gasteiger partial charge on any atom is -0.619 e. The average molecular weight is 743 g/mol. The van der Waals surface area contributed by atoms with Gasteiger partial charge in [-0.1, -0.05) is 35.3 Å². The molecule has 2 fully saturated rings. The van der Waals surface area contributed by atoms with Crippen LogP contribution < -0.4 is 14.2 Å². The van der Waals surface area contributed by atoms with E-state index in [0.29, 0.717) is 34.6 Å². The molecule has 1 saturated carbocycles. The number of sulfonamides is 1. The van der Waals surface area contributed by atoms with Crippen molar-refractivity contribution in [2.24, 2.45) is 11.8 Å². The van der Waals surface area contributed by atoms with Gasteiger partial charge in [0.2, 0.25) is 10.0 Å². The number of benzene rings is 2. The second kappa shape index (κ2) is 15.4. The van der Waals surface area contributed by atoms with E-state index in [1.807, 2.05) is 0 Å². The van der Waals surface area contributed by atoms with E-state index in [2.05, 4.69) is 4.74 Å². The first-order chi connectivity index (χ1) is 23.2. The van der Waals surface area contributed by atoms with Crippen molar-refractivity contribution in [2.75, 3.05) is 33.8 Å². The Hall–Kier alpha value is -3.72. The molecule has 0 radical (unpaired) electrons. The van der Waals surface area contributed by atoms with Crippen LogP contribution in [-0.2, 0) is 26.0 Å². The van der Waals surface area contributed by atoms with Gasteiger partial charge in [0.25, 0.3) is 5.91 Å². The summed E-state index contributed by atoms with van der Waals surface area (Å²) in [6.07, 6.45) is 3.56. The van der Waals surface area contributed by atoms with Crippen molar-refractivity contribution >= 4 is 45.1 Å². The van der Waals surface area contributed by atoms with E-state index >= 15 is 0 Å². The van der Waals surface area contributed by atoms with Crippen LogP contribution in [0.1, 0.15) is 53.3 Å². The molecule has 16 heteroatoms. The molecule has 0 bridgehead atoms.